The van der Waals surface area contributed by atoms with E-state index in [-0.39, 0.29) is 16.2 Å². The molecule has 0 spiro atoms. The summed E-state index contributed by atoms with van der Waals surface area (Å²) >= 11 is 0. The van der Waals surface area contributed by atoms with Crippen LogP contribution in [0.25, 0.3) is 0 Å². The Morgan fingerprint density at radius 2 is 2.17 bits per heavy atom. The molecule has 0 aromatic carbocycles. The van der Waals surface area contributed by atoms with Gasteiger partial charge >= 0.3 is 11.7 Å². The Bertz CT molecular complexity index is 483. The molecule has 2 heterocycles. The van der Waals surface area contributed by atoms with E-state index in [9.17, 15) is 14.8 Å². The van der Waals surface area contributed by atoms with Crippen molar-refractivity contribution in [3.05, 3.63) is 22.7 Å². The maximum Gasteiger partial charge on any atom is 0.339 e. The molecule has 2 rings (SSSR count). The molecule has 0 bridgehead atoms. The van der Waals surface area contributed by atoms with Crippen LogP contribution in [-0.4, -0.2) is 41.2 Å². The van der Waals surface area contributed by atoms with Crippen molar-refractivity contribution >= 4 is 17.5 Å². The van der Waals surface area contributed by atoms with Crippen molar-refractivity contribution in [2.24, 2.45) is 0 Å². The summed E-state index contributed by atoms with van der Waals surface area (Å²) < 4.78 is 0. The molecule has 7 heteroatoms. The van der Waals surface area contributed by atoms with Crippen molar-refractivity contribution in [3.63, 3.8) is 0 Å². The van der Waals surface area contributed by atoms with Crippen molar-refractivity contribution in [1.82, 2.24) is 4.98 Å². The number of anilines is 1. The topological polar surface area (TPSA) is 82.7 Å². The van der Waals surface area contributed by atoms with Gasteiger partial charge in [0.05, 0.1) is 4.91 Å². The first-order chi connectivity index (χ1) is 8.63. The minimum atomic E-state index is -1.10. The van der Waals surface area contributed by atoms with E-state index in [1.807, 2.05) is 4.90 Å². The molecule has 1 fully saturated rings. The van der Waals surface area contributed by atoms with Gasteiger partial charge in [0.15, 0.2) is 7.11 Å². The molecule has 96 valence electrons. The van der Waals surface area contributed by atoms with E-state index >= 15 is 0 Å². The monoisotopic (exact) mass is 252 g/mol. The highest BCUT2D eigenvalue weighted by Gasteiger charge is 2.25. The summed E-state index contributed by atoms with van der Waals surface area (Å²) in [6, 6.07) is 1.28. The van der Waals surface area contributed by atoms with Crippen LogP contribution in [0.4, 0.5) is 11.5 Å². The van der Waals surface area contributed by atoms with Crippen LogP contribution in [-0.2, 0) is 4.84 Å². The average molecular weight is 252 g/mol. The minimum absolute atomic E-state index is 0.0206. The Balaban J connectivity index is 2.40. The van der Waals surface area contributed by atoms with Crippen LogP contribution in [0.2, 0.25) is 0 Å². The molecule has 0 saturated carbocycles. The SMILES string of the molecule is CO[N+](=O)c1cnc(N2CCCC2)c(C(=O)O)c1. The number of carboxylic acids is 1. The first-order valence-electron chi connectivity index (χ1n) is 5.63. The van der Waals surface area contributed by atoms with Crippen LogP contribution in [0.5, 0.6) is 0 Å². The fourth-order valence-electron chi connectivity index (χ4n) is 1.99. The van der Waals surface area contributed by atoms with E-state index < -0.39 is 5.97 Å². The zero-order chi connectivity index (χ0) is 13.1. The lowest BCUT2D eigenvalue weighted by molar-refractivity contribution is -0.736. The molecule has 0 unspecified atom stereocenters. The summed E-state index contributed by atoms with van der Waals surface area (Å²) in [5.74, 6) is -0.691. The lowest BCUT2D eigenvalue weighted by atomic mass is 10.2. The molecule has 1 saturated heterocycles. The molecule has 1 aromatic heterocycles. The van der Waals surface area contributed by atoms with Gasteiger partial charge in [0, 0.05) is 19.2 Å². The van der Waals surface area contributed by atoms with Crippen molar-refractivity contribution in [1.29, 1.82) is 0 Å². The molecule has 0 atom stereocenters. The van der Waals surface area contributed by atoms with E-state index in [4.69, 9.17) is 0 Å². The molecule has 18 heavy (non-hydrogen) atoms. The quantitative estimate of drug-likeness (QED) is 0.814. The van der Waals surface area contributed by atoms with Crippen LogP contribution in [0.3, 0.4) is 0 Å². The van der Waals surface area contributed by atoms with Crippen LogP contribution in [0.15, 0.2) is 12.3 Å². The second kappa shape index (κ2) is 4.99. The number of pyridine rings is 1. The van der Waals surface area contributed by atoms with Crippen LogP contribution >= 0.6 is 0 Å². The van der Waals surface area contributed by atoms with Gasteiger partial charge in [0.2, 0.25) is 0 Å². The number of hydrogen-bond acceptors (Lipinski definition) is 5. The summed E-state index contributed by atoms with van der Waals surface area (Å²) in [4.78, 5) is 33.2. The van der Waals surface area contributed by atoms with Gasteiger partial charge in [-0.05, 0) is 12.8 Å². The Labute approximate surface area is 104 Å². The van der Waals surface area contributed by atoms with Gasteiger partial charge < -0.3 is 10.0 Å². The lowest BCUT2D eigenvalue weighted by Gasteiger charge is -2.17. The molecule has 1 aromatic rings. The van der Waals surface area contributed by atoms with Gasteiger partial charge in [-0.1, -0.05) is 0 Å². The summed E-state index contributed by atoms with van der Waals surface area (Å²) in [7, 11) is 1.21. The average Bonchev–Trinajstić information content (AvgIpc) is 2.90. The Morgan fingerprint density at radius 1 is 1.50 bits per heavy atom. The van der Waals surface area contributed by atoms with Crippen molar-refractivity contribution in [3.8, 4) is 0 Å². The number of rotatable bonds is 4. The molecular weight excluding hydrogens is 238 g/mol. The van der Waals surface area contributed by atoms with Crippen LogP contribution in [0.1, 0.15) is 23.2 Å². The molecule has 1 aliphatic rings. The van der Waals surface area contributed by atoms with E-state index in [2.05, 4.69) is 9.82 Å². The largest absolute Gasteiger partial charge is 0.478 e. The number of carboxylic acid groups (broad SMARTS) is 1. The smallest absolute Gasteiger partial charge is 0.339 e. The Kier molecular flexibility index (Phi) is 3.40. The van der Waals surface area contributed by atoms with Gasteiger partial charge in [-0.25, -0.2) is 14.6 Å². The summed E-state index contributed by atoms with van der Waals surface area (Å²) in [6.45, 7) is 1.58. The highest BCUT2D eigenvalue weighted by Crippen LogP contribution is 2.25. The summed E-state index contributed by atoms with van der Waals surface area (Å²) in [5, 5.41) is 9.18. The summed E-state index contributed by atoms with van der Waals surface area (Å²) in [5.41, 5.74) is 0.0881. The van der Waals surface area contributed by atoms with Crippen molar-refractivity contribution in [2.75, 3.05) is 25.1 Å². The number of nitrogens with zero attached hydrogens (tertiary/aromatic N) is 3. The fourth-order valence-corrected chi connectivity index (χ4v) is 1.99. The number of carbonyl (C=O) groups is 1. The standard InChI is InChI=1S/C11H13N3O4/c1-18-14(17)8-6-9(11(15)16)10(12-7-8)13-4-2-3-5-13/h6-7H,2-5H2,1H3/p+1. The van der Waals surface area contributed by atoms with Gasteiger partial charge in [0.1, 0.15) is 17.6 Å². The van der Waals surface area contributed by atoms with Crippen LogP contribution < -0.4 is 4.90 Å². The first-order valence-corrected chi connectivity index (χ1v) is 5.63. The van der Waals surface area contributed by atoms with Crippen molar-refractivity contribution < 1.29 is 19.7 Å². The molecule has 0 aliphatic carbocycles. The van der Waals surface area contributed by atoms with E-state index in [1.54, 1.807) is 0 Å². The van der Waals surface area contributed by atoms with Gasteiger partial charge in [-0.3, -0.25) is 0 Å². The molecular formula is C11H14N3O4+. The second-order valence-electron chi connectivity index (χ2n) is 4.00. The fraction of sp³-hybridized carbons (Fsp3) is 0.455. The third kappa shape index (κ3) is 2.24. The minimum Gasteiger partial charge on any atom is -0.478 e. The van der Waals surface area contributed by atoms with Gasteiger partial charge in [-0.15, -0.1) is 0 Å². The normalized spacial score (nSPS) is 14.6. The Morgan fingerprint density at radius 3 is 2.72 bits per heavy atom. The predicted octanol–water partition coefficient (Wildman–Crippen LogP) is 1.35. The maximum atomic E-state index is 11.3. The number of aromatic carboxylic acids is 1. The summed E-state index contributed by atoms with van der Waals surface area (Å²) in [6.07, 6.45) is 3.36. The van der Waals surface area contributed by atoms with E-state index in [1.165, 1.54) is 19.4 Å². The predicted molar refractivity (Wildman–Crippen MR) is 62.9 cm³/mol. The highest BCUT2D eigenvalue weighted by atomic mass is 16.8. The molecule has 1 N–H and O–H groups in total. The molecule has 1 aliphatic heterocycles. The van der Waals surface area contributed by atoms with E-state index in [0.29, 0.717) is 5.82 Å². The third-order valence-electron chi connectivity index (χ3n) is 2.86. The van der Waals surface area contributed by atoms with Gasteiger partial charge in [0.25, 0.3) is 4.92 Å². The zero-order valence-corrected chi connectivity index (χ0v) is 10.00. The maximum absolute atomic E-state index is 11.3. The Hall–Kier alpha value is -2.18. The highest BCUT2D eigenvalue weighted by molar-refractivity contribution is 5.94. The van der Waals surface area contributed by atoms with Gasteiger partial charge in [-0.2, -0.15) is 0 Å². The first kappa shape index (κ1) is 12.3. The van der Waals surface area contributed by atoms with E-state index in [0.717, 1.165) is 25.9 Å². The molecule has 0 amide bonds. The van der Waals surface area contributed by atoms with Crippen molar-refractivity contribution in [2.45, 2.75) is 12.8 Å². The lowest BCUT2D eigenvalue weighted by Crippen LogP contribution is -2.22. The third-order valence-corrected chi connectivity index (χ3v) is 2.86. The molecule has 0 radical (unpaired) electrons. The molecule has 7 nitrogen and oxygen atoms in total. The van der Waals surface area contributed by atoms with Crippen LogP contribution in [0, 0.1) is 4.91 Å². The second-order valence-corrected chi connectivity index (χ2v) is 4.00. The zero-order valence-electron chi connectivity index (χ0n) is 10.00. The number of hydrogen-bond donors (Lipinski definition) is 1. The number of aromatic nitrogens is 1.